The Morgan fingerprint density at radius 2 is 2.38 bits per heavy atom. The lowest BCUT2D eigenvalue weighted by atomic mass is 10.0. The first-order chi connectivity index (χ1) is 7.70. The van der Waals surface area contributed by atoms with Crippen LogP contribution in [0.5, 0.6) is 5.75 Å². The van der Waals surface area contributed by atoms with Crippen LogP contribution in [0.15, 0.2) is 16.6 Å². The third-order valence-electron chi connectivity index (χ3n) is 2.92. The second-order valence-corrected chi connectivity index (χ2v) is 4.93. The Kier molecular flexibility index (Phi) is 3.82. The second-order valence-electron chi connectivity index (χ2n) is 4.08. The molecule has 1 aliphatic heterocycles. The fourth-order valence-corrected chi connectivity index (χ4v) is 2.83. The SMILES string of the molecule is COc1c(Br)cc(F)cc1CC1CCCN1. The normalized spacial score (nSPS) is 20.1. The number of nitrogens with one attached hydrogen (secondary N) is 1. The zero-order chi connectivity index (χ0) is 11.5. The van der Waals surface area contributed by atoms with Crippen LogP contribution in [0.1, 0.15) is 18.4 Å². The van der Waals surface area contributed by atoms with Crippen molar-refractivity contribution in [1.82, 2.24) is 5.32 Å². The van der Waals surface area contributed by atoms with E-state index >= 15 is 0 Å². The molecule has 1 N–H and O–H groups in total. The van der Waals surface area contributed by atoms with Crippen LogP contribution in [0, 0.1) is 5.82 Å². The third kappa shape index (κ3) is 2.55. The highest BCUT2D eigenvalue weighted by molar-refractivity contribution is 9.10. The molecule has 0 bridgehead atoms. The maximum atomic E-state index is 13.3. The average Bonchev–Trinajstić information content (AvgIpc) is 2.70. The Balaban J connectivity index is 2.23. The molecule has 1 aromatic carbocycles. The quantitative estimate of drug-likeness (QED) is 0.923. The van der Waals surface area contributed by atoms with E-state index in [0.717, 1.165) is 30.7 Å². The van der Waals surface area contributed by atoms with Gasteiger partial charge in [-0.15, -0.1) is 0 Å². The molecule has 1 aliphatic rings. The van der Waals surface area contributed by atoms with Crippen molar-refractivity contribution in [3.8, 4) is 5.75 Å². The molecule has 16 heavy (non-hydrogen) atoms. The molecule has 1 unspecified atom stereocenters. The van der Waals surface area contributed by atoms with Gasteiger partial charge < -0.3 is 10.1 Å². The minimum absolute atomic E-state index is 0.222. The van der Waals surface area contributed by atoms with E-state index in [4.69, 9.17) is 4.74 Å². The summed E-state index contributed by atoms with van der Waals surface area (Å²) in [5.74, 6) is 0.524. The van der Waals surface area contributed by atoms with Gasteiger partial charge in [0.15, 0.2) is 0 Å². The van der Waals surface area contributed by atoms with Gasteiger partial charge >= 0.3 is 0 Å². The molecule has 1 aromatic rings. The largest absolute Gasteiger partial charge is 0.495 e. The molecule has 2 nitrogen and oxygen atoms in total. The van der Waals surface area contributed by atoms with Gasteiger partial charge in [0.1, 0.15) is 11.6 Å². The molecule has 88 valence electrons. The van der Waals surface area contributed by atoms with E-state index in [-0.39, 0.29) is 5.82 Å². The van der Waals surface area contributed by atoms with Crippen LogP contribution in [0.4, 0.5) is 4.39 Å². The van der Waals surface area contributed by atoms with Crippen molar-refractivity contribution >= 4 is 15.9 Å². The first-order valence-corrected chi connectivity index (χ1v) is 6.25. The van der Waals surface area contributed by atoms with Crippen molar-refractivity contribution in [3.63, 3.8) is 0 Å². The number of ether oxygens (including phenoxy) is 1. The van der Waals surface area contributed by atoms with Crippen molar-refractivity contribution < 1.29 is 9.13 Å². The maximum absolute atomic E-state index is 13.3. The van der Waals surface area contributed by atoms with Crippen molar-refractivity contribution in [3.05, 3.63) is 28.0 Å². The number of hydrogen-bond donors (Lipinski definition) is 1. The average molecular weight is 288 g/mol. The number of rotatable bonds is 3. The van der Waals surface area contributed by atoms with Gasteiger partial charge in [0.05, 0.1) is 11.6 Å². The van der Waals surface area contributed by atoms with E-state index in [2.05, 4.69) is 21.2 Å². The molecule has 0 spiro atoms. The summed E-state index contributed by atoms with van der Waals surface area (Å²) < 4.78 is 19.3. The predicted molar refractivity (Wildman–Crippen MR) is 65.4 cm³/mol. The van der Waals surface area contributed by atoms with Crippen LogP contribution in [0.2, 0.25) is 0 Å². The minimum atomic E-state index is -0.222. The molecular formula is C12H15BrFNO. The summed E-state index contributed by atoms with van der Waals surface area (Å²) in [5.41, 5.74) is 0.925. The fraction of sp³-hybridized carbons (Fsp3) is 0.500. The summed E-state index contributed by atoms with van der Waals surface area (Å²) in [5, 5.41) is 3.40. The summed E-state index contributed by atoms with van der Waals surface area (Å²) in [4.78, 5) is 0. The topological polar surface area (TPSA) is 21.3 Å². The summed E-state index contributed by atoms with van der Waals surface area (Å²) in [6, 6.07) is 3.44. The van der Waals surface area contributed by atoms with Crippen molar-refractivity contribution in [2.75, 3.05) is 13.7 Å². The lowest BCUT2D eigenvalue weighted by molar-refractivity contribution is 0.402. The summed E-state index contributed by atoms with van der Waals surface area (Å²) >= 11 is 3.32. The van der Waals surface area contributed by atoms with Gasteiger partial charge in [-0.2, -0.15) is 0 Å². The highest BCUT2D eigenvalue weighted by atomic mass is 79.9. The molecule has 0 amide bonds. The molecule has 1 atom stereocenters. The standard InChI is InChI=1S/C12H15BrFNO/c1-16-12-8(5-9(14)7-11(12)13)6-10-3-2-4-15-10/h5,7,10,15H,2-4,6H2,1H3. The minimum Gasteiger partial charge on any atom is -0.495 e. The molecule has 1 heterocycles. The zero-order valence-electron chi connectivity index (χ0n) is 9.22. The highest BCUT2D eigenvalue weighted by Gasteiger charge is 2.18. The Morgan fingerprint density at radius 1 is 1.56 bits per heavy atom. The summed E-state index contributed by atoms with van der Waals surface area (Å²) in [7, 11) is 1.61. The van der Waals surface area contributed by atoms with Crippen LogP contribution in [0.25, 0.3) is 0 Å². The molecule has 2 rings (SSSR count). The van der Waals surface area contributed by atoms with Gasteiger partial charge in [0.25, 0.3) is 0 Å². The van der Waals surface area contributed by atoms with E-state index in [0.29, 0.717) is 10.5 Å². The lowest BCUT2D eigenvalue weighted by Crippen LogP contribution is -2.23. The Morgan fingerprint density at radius 3 is 3.00 bits per heavy atom. The number of halogens is 2. The summed E-state index contributed by atoms with van der Waals surface area (Å²) in [6.45, 7) is 1.06. The van der Waals surface area contributed by atoms with Crippen LogP contribution in [0.3, 0.4) is 0 Å². The Labute approximate surface area is 103 Å². The lowest BCUT2D eigenvalue weighted by Gasteiger charge is -2.14. The van der Waals surface area contributed by atoms with E-state index in [9.17, 15) is 4.39 Å². The number of hydrogen-bond acceptors (Lipinski definition) is 2. The monoisotopic (exact) mass is 287 g/mol. The first-order valence-electron chi connectivity index (χ1n) is 5.46. The molecule has 0 aromatic heterocycles. The molecule has 0 saturated carbocycles. The van der Waals surface area contributed by atoms with Gasteiger partial charge in [-0.1, -0.05) is 0 Å². The maximum Gasteiger partial charge on any atom is 0.136 e. The van der Waals surface area contributed by atoms with Crippen molar-refractivity contribution in [2.45, 2.75) is 25.3 Å². The Bertz CT molecular complexity index is 378. The molecule has 4 heteroatoms. The van der Waals surface area contributed by atoms with Crippen LogP contribution < -0.4 is 10.1 Å². The van der Waals surface area contributed by atoms with Crippen molar-refractivity contribution in [1.29, 1.82) is 0 Å². The van der Waals surface area contributed by atoms with E-state index in [1.54, 1.807) is 13.2 Å². The molecule has 0 aliphatic carbocycles. The fourth-order valence-electron chi connectivity index (χ4n) is 2.19. The van der Waals surface area contributed by atoms with E-state index in [1.807, 2.05) is 0 Å². The van der Waals surface area contributed by atoms with Gasteiger partial charge in [-0.25, -0.2) is 4.39 Å². The Hall–Kier alpha value is -0.610. The zero-order valence-corrected chi connectivity index (χ0v) is 10.8. The van der Waals surface area contributed by atoms with E-state index in [1.165, 1.54) is 12.5 Å². The number of methoxy groups -OCH3 is 1. The van der Waals surface area contributed by atoms with Crippen LogP contribution in [-0.2, 0) is 6.42 Å². The van der Waals surface area contributed by atoms with Gasteiger partial charge in [0.2, 0.25) is 0 Å². The molecule has 1 saturated heterocycles. The number of benzene rings is 1. The van der Waals surface area contributed by atoms with Crippen LogP contribution in [-0.4, -0.2) is 19.7 Å². The molecular weight excluding hydrogens is 273 g/mol. The van der Waals surface area contributed by atoms with Gasteiger partial charge in [0, 0.05) is 6.04 Å². The second kappa shape index (κ2) is 5.15. The molecule has 0 radical (unpaired) electrons. The van der Waals surface area contributed by atoms with Crippen molar-refractivity contribution in [2.24, 2.45) is 0 Å². The first kappa shape index (κ1) is 11.9. The van der Waals surface area contributed by atoms with E-state index < -0.39 is 0 Å². The van der Waals surface area contributed by atoms with Crippen LogP contribution >= 0.6 is 15.9 Å². The third-order valence-corrected chi connectivity index (χ3v) is 3.51. The van der Waals surface area contributed by atoms with Gasteiger partial charge in [-0.05, 0) is 59.4 Å². The predicted octanol–water partition coefficient (Wildman–Crippen LogP) is 2.89. The van der Waals surface area contributed by atoms with Gasteiger partial charge in [-0.3, -0.25) is 0 Å². The molecule has 1 fully saturated rings. The smallest absolute Gasteiger partial charge is 0.136 e. The summed E-state index contributed by atoms with van der Waals surface area (Å²) in [6.07, 6.45) is 3.17. The highest BCUT2D eigenvalue weighted by Crippen LogP contribution is 2.31.